The minimum absolute atomic E-state index is 0.0508. The molecule has 0 radical (unpaired) electrons. The van der Waals surface area contributed by atoms with E-state index in [2.05, 4.69) is 0 Å². The molecule has 36 heavy (non-hydrogen) atoms. The first-order valence-electron chi connectivity index (χ1n) is 11.0. The molecule has 5 nitrogen and oxygen atoms in total. The predicted molar refractivity (Wildman–Crippen MR) is 129 cm³/mol. The van der Waals surface area contributed by atoms with E-state index in [4.69, 9.17) is 11.6 Å². The molecule has 2 aromatic carbocycles. The number of hydrogen-bond donors (Lipinski definition) is 0. The fourth-order valence-corrected chi connectivity index (χ4v) is 5.61. The second kappa shape index (κ2) is 9.23. The molecule has 0 saturated heterocycles. The number of sulfone groups is 1. The molecule has 0 saturated carbocycles. The highest BCUT2D eigenvalue weighted by molar-refractivity contribution is 7.90. The molecule has 2 heterocycles. The van der Waals surface area contributed by atoms with Crippen molar-refractivity contribution in [2.24, 2.45) is 0 Å². The van der Waals surface area contributed by atoms with Crippen LogP contribution in [-0.4, -0.2) is 48.4 Å². The number of carbonyl (C=O) groups is 1. The van der Waals surface area contributed by atoms with E-state index in [9.17, 15) is 26.4 Å². The van der Waals surface area contributed by atoms with Crippen molar-refractivity contribution in [3.05, 3.63) is 81.9 Å². The van der Waals surface area contributed by atoms with Crippen molar-refractivity contribution in [3.8, 4) is 11.1 Å². The first kappa shape index (κ1) is 26.2. The smallest absolute Gasteiger partial charge is 0.331 e. The topological polar surface area (TPSA) is 59.4 Å². The Morgan fingerprint density at radius 3 is 2.28 bits per heavy atom. The number of benzene rings is 2. The molecule has 3 aromatic rings. The molecule has 1 aromatic heterocycles. The zero-order valence-corrected chi connectivity index (χ0v) is 21.2. The maximum atomic E-state index is 15.0. The quantitative estimate of drug-likeness (QED) is 0.386. The van der Waals surface area contributed by atoms with Gasteiger partial charge in [0.15, 0.2) is 0 Å². The fraction of sp³-hybridized carbons (Fsp3) is 0.320. The molecule has 1 aliphatic rings. The Morgan fingerprint density at radius 1 is 1.08 bits per heavy atom. The third-order valence-electron chi connectivity index (χ3n) is 6.45. The van der Waals surface area contributed by atoms with Crippen molar-refractivity contribution in [1.82, 2.24) is 9.47 Å². The largest absolute Gasteiger partial charge is 0.431 e. The van der Waals surface area contributed by atoms with Crippen LogP contribution >= 0.6 is 11.6 Å². The van der Waals surface area contributed by atoms with E-state index >= 15 is 4.39 Å². The van der Waals surface area contributed by atoms with Crippen molar-refractivity contribution in [3.63, 3.8) is 0 Å². The lowest BCUT2D eigenvalue weighted by molar-refractivity contribution is -0.145. The van der Waals surface area contributed by atoms with Gasteiger partial charge in [0, 0.05) is 29.0 Å². The fourth-order valence-electron chi connectivity index (χ4n) is 4.92. The zero-order valence-electron chi connectivity index (χ0n) is 19.6. The molecule has 192 valence electrons. The molecule has 0 N–H and O–H groups in total. The Morgan fingerprint density at radius 2 is 1.72 bits per heavy atom. The lowest BCUT2D eigenvalue weighted by Gasteiger charge is -2.42. The predicted octanol–water partition coefficient (Wildman–Crippen LogP) is 5.75. The van der Waals surface area contributed by atoms with Gasteiger partial charge < -0.3 is 9.47 Å². The summed E-state index contributed by atoms with van der Waals surface area (Å²) in [6, 6.07) is 10.1. The van der Waals surface area contributed by atoms with Crippen LogP contribution in [0.1, 0.15) is 40.3 Å². The number of fused-ring (bicyclic) bond motifs is 1. The summed E-state index contributed by atoms with van der Waals surface area (Å²) in [4.78, 5) is 15.0. The number of nitrogens with zero attached hydrogens (tertiary/aromatic N) is 2. The van der Waals surface area contributed by atoms with Gasteiger partial charge in [-0.3, -0.25) is 4.79 Å². The SMILES string of the molecule is Cc1c(-c2ccc(Cl)cc2F)c2n(c1C(F)(F)F)C(c1ccccc1)C(C)N(CCS(C)(=O)=O)C2=O. The van der Waals surface area contributed by atoms with Crippen molar-refractivity contribution >= 4 is 27.3 Å². The Kier molecular flexibility index (Phi) is 6.72. The maximum absolute atomic E-state index is 15.0. The summed E-state index contributed by atoms with van der Waals surface area (Å²) in [7, 11) is -3.49. The van der Waals surface area contributed by atoms with E-state index in [1.807, 2.05) is 0 Å². The lowest BCUT2D eigenvalue weighted by Crippen LogP contribution is -2.51. The Bertz CT molecular complexity index is 1440. The summed E-state index contributed by atoms with van der Waals surface area (Å²) in [5, 5.41) is 0.0508. The van der Waals surface area contributed by atoms with Crippen LogP contribution < -0.4 is 0 Å². The van der Waals surface area contributed by atoms with Crippen LogP contribution in [0.3, 0.4) is 0 Å². The van der Waals surface area contributed by atoms with E-state index in [-0.39, 0.29) is 39.7 Å². The zero-order chi connectivity index (χ0) is 26.6. The van der Waals surface area contributed by atoms with Crippen LogP contribution in [0.25, 0.3) is 11.1 Å². The van der Waals surface area contributed by atoms with Gasteiger partial charge in [-0.05, 0) is 43.2 Å². The monoisotopic (exact) mass is 542 g/mol. The molecule has 0 spiro atoms. The number of aromatic nitrogens is 1. The van der Waals surface area contributed by atoms with Crippen molar-refractivity contribution < 1.29 is 30.8 Å². The van der Waals surface area contributed by atoms with Crippen LogP contribution in [0.4, 0.5) is 17.6 Å². The second-order valence-electron chi connectivity index (χ2n) is 8.91. The summed E-state index contributed by atoms with van der Waals surface area (Å²) in [6.45, 7) is 2.56. The highest BCUT2D eigenvalue weighted by Gasteiger charge is 2.48. The van der Waals surface area contributed by atoms with Crippen LogP contribution in [0.15, 0.2) is 48.5 Å². The third-order valence-corrected chi connectivity index (χ3v) is 7.61. The lowest BCUT2D eigenvalue weighted by atomic mass is 9.94. The van der Waals surface area contributed by atoms with Gasteiger partial charge in [0.2, 0.25) is 0 Å². The van der Waals surface area contributed by atoms with Gasteiger partial charge >= 0.3 is 6.18 Å². The molecule has 11 heteroatoms. The van der Waals surface area contributed by atoms with Crippen LogP contribution in [0, 0.1) is 12.7 Å². The minimum Gasteiger partial charge on any atom is -0.331 e. The number of alkyl halides is 3. The molecule has 4 rings (SSSR count). The Hall–Kier alpha value is -2.85. The highest BCUT2D eigenvalue weighted by Crippen LogP contribution is 2.47. The summed E-state index contributed by atoms with van der Waals surface area (Å²) >= 11 is 5.87. The average molecular weight is 543 g/mol. The summed E-state index contributed by atoms with van der Waals surface area (Å²) in [6.07, 6.45) is -3.84. The van der Waals surface area contributed by atoms with E-state index in [0.29, 0.717) is 5.56 Å². The second-order valence-corrected chi connectivity index (χ2v) is 11.6. The molecule has 2 unspecified atom stereocenters. The van der Waals surface area contributed by atoms with E-state index in [0.717, 1.165) is 16.9 Å². The van der Waals surface area contributed by atoms with Crippen LogP contribution in [0.5, 0.6) is 0 Å². The molecule has 1 aliphatic heterocycles. The number of amides is 1. The first-order chi connectivity index (χ1) is 16.7. The minimum atomic E-state index is -4.86. The van der Waals surface area contributed by atoms with Gasteiger partial charge in [0.25, 0.3) is 5.91 Å². The number of hydrogen-bond acceptors (Lipinski definition) is 3. The molecule has 2 atom stereocenters. The van der Waals surface area contributed by atoms with Crippen LogP contribution in [-0.2, 0) is 16.0 Å². The molecule has 0 aliphatic carbocycles. The molecule has 0 bridgehead atoms. The molecule has 1 amide bonds. The first-order valence-corrected chi connectivity index (χ1v) is 13.5. The van der Waals surface area contributed by atoms with Gasteiger partial charge in [-0.15, -0.1) is 0 Å². The highest BCUT2D eigenvalue weighted by atomic mass is 35.5. The summed E-state index contributed by atoms with van der Waals surface area (Å²) in [5.41, 5.74) is -1.61. The van der Waals surface area contributed by atoms with Crippen molar-refractivity contribution in [1.29, 1.82) is 0 Å². The Labute approximate surface area is 211 Å². The maximum Gasteiger partial charge on any atom is 0.431 e. The number of halogens is 5. The Balaban J connectivity index is 2.09. The van der Waals surface area contributed by atoms with Gasteiger partial charge in [-0.1, -0.05) is 41.9 Å². The summed E-state index contributed by atoms with van der Waals surface area (Å²) < 4.78 is 83.4. The van der Waals surface area contributed by atoms with E-state index in [1.54, 1.807) is 37.3 Å². The number of rotatable bonds is 5. The molecule has 0 fully saturated rings. The van der Waals surface area contributed by atoms with Gasteiger partial charge in [0.05, 0.1) is 17.8 Å². The normalized spacial score (nSPS) is 18.4. The standard InChI is InChI=1S/C25H23ClF4N2O3S/c1-14-20(18-10-9-17(26)13-19(18)27)22-24(33)31(11-12-36(3,34)35)15(2)21(16-7-5-4-6-8-16)32(22)23(14)25(28,29)30/h4-10,13,15,21H,11-12H2,1-3H3. The van der Waals surface area contributed by atoms with Gasteiger partial charge in [-0.25, -0.2) is 12.8 Å². The van der Waals surface area contributed by atoms with E-state index in [1.165, 1.54) is 24.0 Å². The average Bonchev–Trinajstić information content (AvgIpc) is 3.06. The van der Waals surface area contributed by atoms with Gasteiger partial charge in [0.1, 0.15) is 27.0 Å². The van der Waals surface area contributed by atoms with Crippen molar-refractivity contribution in [2.75, 3.05) is 18.6 Å². The summed E-state index contributed by atoms with van der Waals surface area (Å²) in [5.74, 6) is -2.06. The van der Waals surface area contributed by atoms with E-state index < -0.39 is 45.5 Å². The van der Waals surface area contributed by atoms with Crippen molar-refractivity contribution in [2.45, 2.75) is 32.1 Å². The van der Waals surface area contributed by atoms with Gasteiger partial charge in [-0.2, -0.15) is 13.2 Å². The number of carbonyl (C=O) groups excluding carboxylic acids is 1. The molecular weight excluding hydrogens is 520 g/mol. The van der Waals surface area contributed by atoms with Crippen LogP contribution in [0.2, 0.25) is 5.02 Å². The third kappa shape index (κ3) is 4.64. The molecular formula is C25H23ClF4N2O3S.